The Kier molecular flexibility index (Phi) is 3.65. The number of para-hydroxylation sites is 1. The molecule has 164 valence electrons. The molecule has 0 bridgehead atoms. The highest BCUT2D eigenvalue weighted by Crippen LogP contribution is 2.53. The maximum Gasteiger partial charge on any atom is 0.297 e. The van der Waals surface area contributed by atoms with Gasteiger partial charge in [-0.3, -0.25) is 19.3 Å². The van der Waals surface area contributed by atoms with Crippen molar-refractivity contribution in [3.8, 4) is 0 Å². The van der Waals surface area contributed by atoms with E-state index in [1.165, 1.54) is 9.80 Å². The van der Waals surface area contributed by atoms with Crippen LogP contribution in [0.4, 0.5) is 11.5 Å². The normalized spacial score (nSPS) is 19.2. The summed E-state index contributed by atoms with van der Waals surface area (Å²) in [7, 11) is 1.63. The van der Waals surface area contributed by atoms with Gasteiger partial charge in [-0.2, -0.15) is 0 Å². The zero-order chi connectivity index (χ0) is 23.2. The van der Waals surface area contributed by atoms with E-state index in [1.807, 2.05) is 13.8 Å². The first kappa shape index (κ1) is 19.5. The Morgan fingerprint density at radius 2 is 1.70 bits per heavy atom. The summed E-state index contributed by atoms with van der Waals surface area (Å²) >= 11 is 0. The summed E-state index contributed by atoms with van der Waals surface area (Å²) in [6.45, 7) is 5.49. The molecule has 4 heterocycles. The minimum Gasteiger partial charge on any atom is -0.450 e. The first-order valence-electron chi connectivity index (χ1n) is 10.5. The molecule has 8 nitrogen and oxygen atoms in total. The number of anilines is 2. The smallest absolute Gasteiger partial charge is 0.297 e. The molecule has 1 unspecified atom stereocenters. The molecule has 2 aromatic carbocycles. The molecule has 0 aliphatic carbocycles. The fraction of sp³-hybridized carbons (Fsp3) is 0.200. The van der Waals surface area contributed by atoms with E-state index in [1.54, 1.807) is 56.4 Å². The number of hydrogen-bond donors (Lipinski definition) is 0. The Bertz CT molecular complexity index is 1600. The molecule has 2 aliphatic heterocycles. The maximum absolute atomic E-state index is 14.0. The van der Waals surface area contributed by atoms with Crippen molar-refractivity contribution in [3.05, 3.63) is 86.5 Å². The second-order valence-corrected chi connectivity index (χ2v) is 8.60. The van der Waals surface area contributed by atoms with Crippen LogP contribution in [0.25, 0.3) is 11.0 Å². The Hall–Kier alpha value is -4.20. The lowest BCUT2D eigenvalue weighted by molar-refractivity contribution is -0.121. The molecule has 0 saturated heterocycles. The van der Waals surface area contributed by atoms with E-state index in [0.29, 0.717) is 28.0 Å². The number of nitrogens with zero attached hydrogens (tertiary/aromatic N) is 3. The highest BCUT2D eigenvalue weighted by atomic mass is 16.5. The van der Waals surface area contributed by atoms with E-state index in [4.69, 9.17) is 8.94 Å². The average molecular weight is 441 g/mol. The second-order valence-electron chi connectivity index (χ2n) is 8.60. The summed E-state index contributed by atoms with van der Waals surface area (Å²) in [5.74, 6) is -0.611. The lowest BCUT2D eigenvalue weighted by atomic mass is 9.84. The molecule has 0 saturated carbocycles. The molecule has 2 amide bonds. The highest BCUT2D eigenvalue weighted by molar-refractivity contribution is 6.23. The van der Waals surface area contributed by atoms with Gasteiger partial charge < -0.3 is 13.8 Å². The number of rotatable bonds is 1. The highest BCUT2D eigenvalue weighted by Gasteiger charge is 2.65. The molecule has 0 fully saturated rings. The van der Waals surface area contributed by atoms with Gasteiger partial charge in [0, 0.05) is 24.4 Å². The Morgan fingerprint density at radius 1 is 0.970 bits per heavy atom. The fourth-order valence-electron chi connectivity index (χ4n) is 5.03. The molecule has 1 atom stereocenters. The van der Waals surface area contributed by atoms with Crippen molar-refractivity contribution in [2.45, 2.75) is 26.3 Å². The van der Waals surface area contributed by atoms with E-state index in [-0.39, 0.29) is 17.1 Å². The summed E-state index contributed by atoms with van der Waals surface area (Å²) in [5.41, 5.74) is 1.11. The Balaban J connectivity index is 1.81. The first-order valence-corrected chi connectivity index (χ1v) is 10.5. The minimum absolute atomic E-state index is 0.00528. The van der Waals surface area contributed by atoms with Crippen LogP contribution in [0.5, 0.6) is 0 Å². The Labute approximate surface area is 188 Å². The van der Waals surface area contributed by atoms with Crippen molar-refractivity contribution in [2.75, 3.05) is 16.8 Å². The van der Waals surface area contributed by atoms with E-state index < -0.39 is 22.8 Å². The van der Waals surface area contributed by atoms with Gasteiger partial charge in [0.2, 0.25) is 5.76 Å². The average Bonchev–Trinajstić information content (AvgIpc) is 3.39. The third kappa shape index (κ3) is 2.20. The standard InChI is InChI=1S/C25H19N3O5/c1-12-9-15-18(10-13(12)2)32-22-20(21(15)29)25(28(23(22)30)19-11-14(3)33-26-19)16-7-5-6-8-17(16)27(4)24(25)31/h5-11H,1-4H3. The van der Waals surface area contributed by atoms with Crippen LogP contribution in [0, 0.1) is 20.8 Å². The van der Waals surface area contributed by atoms with Crippen LogP contribution >= 0.6 is 0 Å². The van der Waals surface area contributed by atoms with Crippen molar-refractivity contribution in [2.24, 2.45) is 0 Å². The van der Waals surface area contributed by atoms with E-state index in [9.17, 15) is 14.4 Å². The van der Waals surface area contributed by atoms with Gasteiger partial charge in [0.1, 0.15) is 11.3 Å². The molecular formula is C25H19N3O5. The summed E-state index contributed by atoms with van der Waals surface area (Å²) in [6, 6.07) is 12.2. The van der Waals surface area contributed by atoms with Crippen LogP contribution < -0.4 is 15.2 Å². The Morgan fingerprint density at radius 3 is 2.42 bits per heavy atom. The van der Waals surface area contributed by atoms with Gasteiger partial charge in [-0.15, -0.1) is 0 Å². The van der Waals surface area contributed by atoms with Gasteiger partial charge in [-0.1, -0.05) is 23.4 Å². The van der Waals surface area contributed by atoms with Crippen LogP contribution in [0.15, 0.2) is 56.2 Å². The number of aromatic nitrogens is 1. The third-order valence-electron chi connectivity index (χ3n) is 6.72. The van der Waals surface area contributed by atoms with Gasteiger partial charge in [-0.25, -0.2) is 0 Å². The van der Waals surface area contributed by atoms with Gasteiger partial charge >= 0.3 is 0 Å². The van der Waals surface area contributed by atoms with Gasteiger partial charge in [0.15, 0.2) is 16.8 Å². The van der Waals surface area contributed by atoms with Crippen LogP contribution in [-0.4, -0.2) is 24.0 Å². The predicted octanol–water partition coefficient (Wildman–Crippen LogP) is 3.59. The molecule has 1 spiro atoms. The number of benzene rings is 2. The number of aryl methyl sites for hydroxylation is 3. The summed E-state index contributed by atoms with van der Waals surface area (Å²) in [5, 5.41) is 4.35. The van der Waals surface area contributed by atoms with E-state index in [0.717, 1.165) is 11.1 Å². The number of fused-ring (bicyclic) bond motifs is 5. The molecule has 0 N–H and O–H groups in total. The van der Waals surface area contributed by atoms with E-state index >= 15 is 0 Å². The molecule has 2 aliphatic rings. The van der Waals surface area contributed by atoms with Crippen molar-refractivity contribution in [1.82, 2.24) is 5.16 Å². The third-order valence-corrected chi connectivity index (χ3v) is 6.72. The monoisotopic (exact) mass is 441 g/mol. The molecule has 33 heavy (non-hydrogen) atoms. The van der Waals surface area contributed by atoms with Crippen LogP contribution in [0.1, 0.15) is 38.6 Å². The minimum atomic E-state index is -1.74. The largest absolute Gasteiger partial charge is 0.450 e. The SMILES string of the molecule is Cc1cc(N2C(=O)c3oc4cc(C)c(C)cc4c(=O)c3C23C(=O)N(C)c2ccccc23)no1. The predicted molar refractivity (Wildman–Crippen MR) is 121 cm³/mol. The summed E-state index contributed by atoms with van der Waals surface area (Å²) in [6.07, 6.45) is 0. The molecule has 4 aromatic rings. The maximum atomic E-state index is 14.0. The van der Waals surface area contributed by atoms with Gasteiger partial charge in [-0.05, 0) is 50.1 Å². The quantitative estimate of drug-likeness (QED) is 0.448. The van der Waals surface area contributed by atoms with Gasteiger partial charge in [0.05, 0.1) is 10.9 Å². The molecule has 6 rings (SSSR count). The van der Waals surface area contributed by atoms with Crippen LogP contribution in [-0.2, 0) is 10.3 Å². The molecular weight excluding hydrogens is 422 g/mol. The van der Waals surface area contributed by atoms with E-state index in [2.05, 4.69) is 5.16 Å². The van der Waals surface area contributed by atoms with Crippen molar-refractivity contribution in [1.29, 1.82) is 0 Å². The zero-order valence-electron chi connectivity index (χ0n) is 18.4. The lowest BCUT2D eigenvalue weighted by Crippen LogP contribution is -2.53. The zero-order valence-corrected chi connectivity index (χ0v) is 18.4. The van der Waals surface area contributed by atoms with Crippen molar-refractivity contribution >= 4 is 34.3 Å². The summed E-state index contributed by atoms with van der Waals surface area (Å²) < 4.78 is 11.3. The second kappa shape index (κ2) is 6.19. The fourth-order valence-corrected chi connectivity index (χ4v) is 5.03. The first-order chi connectivity index (χ1) is 15.8. The number of hydrogen-bond acceptors (Lipinski definition) is 6. The number of likely N-dealkylation sites (N-methyl/N-ethyl adjacent to an activating group) is 1. The number of carbonyl (C=O) groups is 2. The van der Waals surface area contributed by atoms with Crippen molar-refractivity contribution in [3.63, 3.8) is 0 Å². The summed E-state index contributed by atoms with van der Waals surface area (Å²) in [4.78, 5) is 44.5. The topological polar surface area (TPSA) is 96.9 Å². The molecule has 0 radical (unpaired) electrons. The van der Waals surface area contributed by atoms with Crippen LogP contribution in [0.2, 0.25) is 0 Å². The molecule has 2 aromatic heterocycles. The molecule has 8 heteroatoms. The van der Waals surface area contributed by atoms with Gasteiger partial charge in [0.25, 0.3) is 11.8 Å². The number of carbonyl (C=O) groups excluding carboxylic acids is 2. The van der Waals surface area contributed by atoms with Crippen LogP contribution in [0.3, 0.4) is 0 Å². The lowest BCUT2D eigenvalue weighted by Gasteiger charge is -2.31. The number of amides is 2. The van der Waals surface area contributed by atoms with Crippen molar-refractivity contribution < 1.29 is 18.5 Å².